The van der Waals surface area contributed by atoms with Crippen LogP contribution in [0.25, 0.3) is 22.0 Å². The minimum absolute atomic E-state index is 0.483. The van der Waals surface area contributed by atoms with Gasteiger partial charge in [-0.15, -0.1) is 0 Å². The highest BCUT2D eigenvalue weighted by Crippen LogP contribution is 2.40. The van der Waals surface area contributed by atoms with Crippen molar-refractivity contribution in [3.63, 3.8) is 0 Å². The van der Waals surface area contributed by atoms with E-state index in [1.165, 1.54) is 5.39 Å². The zero-order valence-electron chi connectivity index (χ0n) is 8.97. The Balaban J connectivity index is 2.17. The summed E-state index contributed by atoms with van der Waals surface area (Å²) >= 11 is 0. The molecule has 0 radical (unpaired) electrons. The number of rotatable bonds is 0. The number of benzene rings is 2. The fraction of sp³-hybridized carbons (Fsp3) is 0.0769. The first-order valence-corrected chi connectivity index (χ1v) is 5.48. The van der Waals surface area contributed by atoms with Crippen LogP contribution in [0.4, 0.5) is 0 Å². The fourth-order valence-corrected chi connectivity index (χ4v) is 2.32. The number of ether oxygens (including phenoxy) is 1. The van der Waals surface area contributed by atoms with Crippen LogP contribution in [0.5, 0.6) is 5.75 Å². The summed E-state index contributed by atoms with van der Waals surface area (Å²) in [5, 5.41) is 13.3. The van der Waals surface area contributed by atoms with Crippen LogP contribution >= 0.6 is 0 Å². The molecule has 1 aromatic heterocycles. The van der Waals surface area contributed by atoms with Crippen molar-refractivity contribution in [1.82, 2.24) is 15.4 Å². The highest BCUT2D eigenvalue weighted by Gasteiger charge is 2.22. The molecular formula is C13H9N3O. The molecule has 4 rings (SSSR count). The molecule has 0 atom stereocenters. The molecule has 0 aliphatic carbocycles. The van der Waals surface area contributed by atoms with Gasteiger partial charge in [-0.25, -0.2) is 0 Å². The average Bonchev–Trinajstić information content (AvgIpc) is 2.86. The maximum absolute atomic E-state index is 5.69. The van der Waals surface area contributed by atoms with Gasteiger partial charge >= 0.3 is 0 Å². The van der Waals surface area contributed by atoms with Gasteiger partial charge in [0, 0.05) is 0 Å². The van der Waals surface area contributed by atoms with Gasteiger partial charge in [-0.2, -0.15) is 15.4 Å². The lowest BCUT2D eigenvalue weighted by Gasteiger charge is -2.17. The van der Waals surface area contributed by atoms with Crippen LogP contribution in [0.15, 0.2) is 36.4 Å². The van der Waals surface area contributed by atoms with E-state index in [-0.39, 0.29) is 0 Å². The fourth-order valence-electron chi connectivity index (χ4n) is 2.32. The minimum atomic E-state index is 0.483. The third-order valence-electron chi connectivity index (χ3n) is 3.11. The Bertz CT molecular complexity index is 718. The van der Waals surface area contributed by atoms with Crippen molar-refractivity contribution in [2.75, 3.05) is 0 Å². The number of H-pyrrole nitrogens is 1. The first kappa shape index (κ1) is 8.75. The smallest absolute Gasteiger partial charge is 0.134 e. The molecule has 0 amide bonds. The number of hydrogen-bond donors (Lipinski definition) is 1. The van der Waals surface area contributed by atoms with Crippen molar-refractivity contribution in [2.45, 2.75) is 6.61 Å². The molecule has 1 aliphatic heterocycles. The van der Waals surface area contributed by atoms with Gasteiger partial charge in [0.05, 0.1) is 5.56 Å². The molecule has 2 aromatic carbocycles. The summed E-state index contributed by atoms with van der Waals surface area (Å²) in [5.41, 5.74) is 2.81. The summed E-state index contributed by atoms with van der Waals surface area (Å²) in [6.07, 6.45) is 0. The Labute approximate surface area is 97.2 Å². The van der Waals surface area contributed by atoms with Crippen LogP contribution in [-0.2, 0) is 6.61 Å². The normalized spacial score (nSPS) is 12.9. The van der Waals surface area contributed by atoms with E-state index in [0.717, 1.165) is 28.1 Å². The van der Waals surface area contributed by atoms with Crippen LogP contribution in [0.3, 0.4) is 0 Å². The summed E-state index contributed by atoms with van der Waals surface area (Å²) in [6, 6.07) is 12.3. The Morgan fingerprint density at radius 1 is 1.06 bits per heavy atom. The zero-order valence-corrected chi connectivity index (χ0v) is 8.97. The quantitative estimate of drug-likeness (QED) is 0.637. The van der Waals surface area contributed by atoms with E-state index in [4.69, 9.17) is 4.74 Å². The van der Waals surface area contributed by atoms with Crippen molar-refractivity contribution < 1.29 is 4.74 Å². The van der Waals surface area contributed by atoms with Crippen molar-refractivity contribution in [3.05, 3.63) is 42.1 Å². The monoisotopic (exact) mass is 223 g/mol. The molecule has 0 spiro atoms. The average molecular weight is 223 g/mol. The lowest BCUT2D eigenvalue weighted by Crippen LogP contribution is -2.05. The number of nitrogens with zero attached hydrogens (tertiary/aromatic N) is 2. The predicted molar refractivity (Wildman–Crippen MR) is 63.7 cm³/mol. The number of fused-ring (bicyclic) bond motifs is 5. The van der Waals surface area contributed by atoms with E-state index >= 15 is 0 Å². The largest absolute Gasteiger partial charge is 0.486 e. The maximum atomic E-state index is 5.69. The van der Waals surface area contributed by atoms with E-state index in [0.29, 0.717) is 6.61 Å². The van der Waals surface area contributed by atoms with E-state index < -0.39 is 0 Å². The van der Waals surface area contributed by atoms with Gasteiger partial charge in [-0.3, -0.25) is 0 Å². The van der Waals surface area contributed by atoms with Gasteiger partial charge in [0.1, 0.15) is 23.7 Å². The van der Waals surface area contributed by atoms with Crippen LogP contribution in [-0.4, -0.2) is 15.4 Å². The second-order valence-corrected chi connectivity index (χ2v) is 4.07. The van der Waals surface area contributed by atoms with Gasteiger partial charge in [0.25, 0.3) is 0 Å². The third-order valence-corrected chi connectivity index (χ3v) is 3.11. The Hall–Kier alpha value is -2.36. The molecule has 0 saturated carbocycles. The number of aromatic amines is 1. The number of nitrogens with one attached hydrogen (secondary N) is 1. The second-order valence-electron chi connectivity index (χ2n) is 4.07. The summed E-state index contributed by atoms with van der Waals surface area (Å²) < 4.78 is 5.69. The van der Waals surface area contributed by atoms with Crippen LogP contribution in [0, 0.1) is 0 Å². The van der Waals surface area contributed by atoms with Crippen LogP contribution in [0.1, 0.15) is 5.69 Å². The molecule has 1 N–H and O–H groups in total. The van der Waals surface area contributed by atoms with Gasteiger partial charge in [-0.05, 0) is 16.8 Å². The molecule has 17 heavy (non-hydrogen) atoms. The predicted octanol–water partition coefficient (Wildman–Crippen LogP) is 2.52. The summed E-state index contributed by atoms with van der Waals surface area (Å²) in [4.78, 5) is 0. The molecule has 0 fully saturated rings. The molecular weight excluding hydrogens is 214 g/mol. The van der Waals surface area contributed by atoms with Gasteiger partial charge < -0.3 is 4.74 Å². The van der Waals surface area contributed by atoms with Crippen molar-refractivity contribution in [1.29, 1.82) is 0 Å². The number of hydrogen-bond acceptors (Lipinski definition) is 3. The molecule has 3 aromatic rings. The van der Waals surface area contributed by atoms with E-state index in [9.17, 15) is 0 Å². The van der Waals surface area contributed by atoms with Gasteiger partial charge in [0.2, 0.25) is 0 Å². The van der Waals surface area contributed by atoms with Crippen LogP contribution < -0.4 is 4.74 Å². The molecule has 1 aliphatic rings. The highest BCUT2D eigenvalue weighted by atomic mass is 16.5. The lowest BCUT2D eigenvalue weighted by atomic mass is 9.99. The first-order valence-electron chi connectivity index (χ1n) is 5.48. The van der Waals surface area contributed by atoms with Crippen LogP contribution in [0.2, 0.25) is 0 Å². The Kier molecular flexibility index (Phi) is 1.58. The molecule has 2 heterocycles. The molecule has 0 saturated heterocycles. The van der Waals surface area contributed by atoms with E-state index in [2.05, 4.69) is 33.6 Å². The molecule has 4 heteroatoms. The Morgan fingerprint density at radius 3 is 3.00 bits per heavy atom. The summed E-state index contributed by atoms with van der Waals surface area (Å²) in [5.74, 6) is 0.880. The number of aromatic nitrogens is 3. The second kappa shape index (κ2) is 3.07. The third kappa shape index (κ3) is 1.12. The Morgan fingerprint density at radius 2 is 2.00 bits per heavy atom. The van der Waals surface area contributed by atoms with E-state index in [1.807, 2.05) is 18.2 Å². The molecule has 0 unspecified atom stereocenters. The standard InChI is InChI=1S/C13H9N3O/c1-2-4-9-8(3-1)5-6-11-12(9)13-10(7-17-11)14-16-15-13/h1-6H,7H2,(H,14,15,16). The lowest BCUT2D eigenvalue weighted by molar-refractivity contribution is 0.297. The van der Waals surface area contributed by atoms with E-state index in [1.54, 1.807) is 0 Å². The molecule has 0 bridgehead atoms. The topological polar surface area (TPSA) is 50.8 Å². The zero-order chi connectivity index (χ0) is 11.2. The van der Waals surface area contributed by atoms with Crippen molar-refractivity contribution >= 4 is 10.8 Å². The summed E-state index contributed by atoms with van der Waals surface area (Å²) in [7, 11) is 0. The van der Waals surface area contributed by atoms with Crippen molar-refractivity contribution in [2.24, 2.45) is 0 Å². The SMILES string of the molecule is c1ccc2c3c(ccc2c1)OCc1n[nH]nc1-3. The molecule has 4 nitrogen and oxygen atoms in total. The van der Waals surface area contributed by atoms with Gasteiger partial charge in [0.15, 0.2) is 0 Å². The summed E-state index contributed by atoms with van der Waals surface area (Å²) in [6.45, 7) is 0.483. The minimum Gasteiger partial charge on any atom is -0.486 e. The van der Waals surface area contributed by atoms with Gasteiger partial charge in [-0.1, -0.05) is 30.3 Å². The highest BCUT2D eigenvalue weighted by molar-refractivity contribution is 5.99. The maximum Gasteiger partial charge on any atom is 0.134 e. The first-order chi connectivity index (χ1) is 8.43. The molecule has 82 valence electrons. The van der Waals surface area contributed by atoms with Crippen molar-refractivity contribution in [3.8, 4) is 17.0 Å².